The lowest BCUT2D eigenvalue weighted by molar-refractivity contribution is -0.138. The minimum absolute atomic E-state index is 0.0313. The summed E-state index contributed by atoms with van der Waals surface area (Å²) in [6.45, 7) is 5.96. The fourth-order valence-corrected chi connectivity index (χ4v) is 3.63. The van der Waals surface area contributed by atoms with E-state index in [9.17, 15) is 14.4 Å². The Balaban J connectivity index is 2.77. The van der Waals surface area contributed by atoms with Crippen molar-refractivity contribution in [3.05, 3.63) is 0 Å². The SMILES string of the molecule is CC(CCCCC(=O)O)Nc1nc(NC(C)CCCCC(=O)O)nc(NC(C)CCCCC(=O)O)n1. The maximum Gasteiger partial charge on any atom is 0.303 e. The monoisotopic (exact) mass is 510 g/mol. The smallest absolute Gasteiger partial charge is 0.303 e. The molecule has 0 aliphatic rings. The number of anilines is 3. The molecule has 1 heterocycles. The molecule has 3 atom stereocenters. The van der Waals surface area contributed by atoms with Gasteiger partial charge in [0.2, 0.25) is 17.8 Å². The van der Waals surface area contributed by atoms with Gasteiger partial charge in [-0.2, -0.15) is 15.0 Å². The van der Waals surface area contributed by atoms with Crippen molar-refractivity contribution in [3.63, 3.8) is 0 Å². The molecule has 0 saturated carbocycles. The Morgan fingerprint density at radius 3 is 1.03 bits per heavy atom. The summed E-state index contributed by atoms with van der Waals surface area (Å²) in [5, 5.41) is 36.2. The molecule has 0 aliphatic carbocycles. The number of carboxylic acid groups (broad SMARTS) is 3. The van der Waals surface area contributed by atoms with Gasteiger partial charge in [0.15, 0.2) is 0 Å². The summed E-state index contributed by atoms with van der Waals surface area (Å²) in [6, 6.07) is 0.0938. The predicted molar refractivity (Wildman–Crippen MR) is 137 cm³/mol. The molecule has 12 heteroatoms. The molecule has 0 spiro atoms. The van der Waals surface area contributed by atoms with Crippen LogP contribution >= 0.6 is 0 Å². The first kappa shape index (κ1) is 30.9. The van der Waals surface area contributed by atoms with E-state index in [1.165, 1.54) is 0 Å². The van der Waals surface area contributed by atoms with Crippen molar-refractivity contribution in [3.8, 4) is 0 Å². The molecule has 1 aromatic heterocycles. The van der Waals surface area contributed by atoms with Gasteiger partial charge in [-0.25, -0.2) is 0 Å². The molecule has 1 rings (SSSR count). The molecule has 12 nitrogen and oxygen atoms in total. The van der Waals surface area contributed by atoms with Crippen molar-refractivity contribution in [1.82, 2.24) is 15.0 Å². The quantitative estimate of drug-likeness (QED) is 0.130. The second kappa shape index (κ2) is 17.3. The first-order valence-corrected chi connectivity index (χ1v) is 12.8. The van der Waals surface area contributed by atoms with Crippen LogP contribution in [0.5, 0.6) is 0 Å². The molecule has 36 heavy (non-hydrogen) atoms. The minimum atomic E-state index is -0.798. The zero-order valence-corrected chi connectivity index (χ0v) is 21.6. The number of aromatic nitrogens is 3. The molecule has 0 aromatic carbocycles. The van der Waals surface area contributed by atoms with Gasteiger partial charge in [0.25, 0.3) is 0 Å². The van der Waals surface area contributed by atoms with Crippen LogP contribution in [0, 0.1) is 0 Å². The molecule has 3 unspecified atom stereocenters. The molecule has 0 fully saturated rings. The van der Waals surface area contributed by atoms with E-state index in [-0.39, 0.29) is 37.4 Å². The van der Waals surface area contributed by atoms with Gasteiger partial charge in [0, 0.05) is 37.4 Å². The van der Waals surface area contributed by atoms with E-state index in [2.05, 4.69) is 30.9 Å². The molecule has 204 valence electrons. The molecule has 1 aromatic rings. The van der Waals surface area contributed by atoms with E-state index in [0.29, 0.717) is 37.1 Å². The maximum absolute atomic E-state index is 10.7. The lowest BCUT2D eigenvalue weighted by atomic mass is 10.1. The van der Waals surface area contributed by atoms with Crippen molar-refractivity contribution in [2.45, 2.75) is 116 Å². The van der Waals surface area contributed by atoms with E-state index in [1.54, 1.807) is 0 Å². The van der Waals surface area contributed by atoms with Crippen LogP contribution in [-0.2, 0) is 14.4 Å². The Morgan fingerprint density at radius 1 is 0.556 bits per heavy atom. The zero-order valence-electron chi connectivity index (χ0n) is 21.6. The predicted octanol–water partition coefficient (Wildman–Crippen LogP) is 4.21. The number of nitrogens with one attached hydrogen (secondary N) is 3. The molecule has 0 radical (unpaired) electrons. The normalized spacial score (nSPS) is 13.4. The fraction of sp³-hybridized carbons (Fsp3) is 0.750. The van der Waals surface area contributed by atoms with Crippen LogP contribution in [0.1, 0.15) is 97.8 Å². The molecule has 0 bridgehead atoms. The number of hydrogen-bond donors (Lipinski definition) is 6. The first-order chi connectivity index (χ1) is 17.0. The van der Waals surface area contributed by atoms with Crippen LogP contribution in [0.3, 0.4) is 0 Å². The van der Waals surface area contributed by atoms with Gasteiger partial charge in [-0.1, -0.05) is 19.3 Å². The van der Waals surface area contributed by atoms with Gasteiger partial charge >= 0.3 is 17.9 Å². The molecule has 0 aliphatic heterocycles. The standard InChI is InChI=1S/C24H42N6O6/c1-16(10-4-7-13-19(31)32)25-22-28-23(26-17(2)11-5-8-14-20(33)34)30-24(29-22)27-18(3)12-6-9-15-21(35)36/h16-18H,4-15H2,1-3H3,(H,31,32)(H,33,34)(H,35,36)(H3,25,26,27,28,29,30). The van der Waals surface area contributed by atoms with Crippen LogP contribution in [0.4, 0.5) is 17.8 Å². The summed E-state index contributed by atoms with van der Waals surface area (Å²) in [6.07, 6.45) is 6.87. The Morgan fingerprint density at radius 2 is 0.806 bits per heavy atom. The Bertz CT molecular complexity index is 707. The van der Waals surface area contributed by atoms with E-state index in [0.717, 1.165) is 38.5 Å². The third-order valence-corrected chi connectivity index (χ3v) is 5.60. The number of nitrogens with zero attached hydrogens (tertiary/aromatic N) is 3. The summed E-state index contributed by atoms with van der Waals surface area (Å²) in [5.41, 5.74) is 0. The number of rotatable bonds is 21. The lowest BCUT2D eigenvalue weighted by Crippen LogP contribution is -2.23. The second-order valence-corrected chi connectivity index (χ2v) is 9.36. The van der Waals surface area contributed by atoms with E-state index >= 15 is 0 Å². The number of unbranched alkanes of at least 4 members (excludes halogenated alkanes) is 3. The van der Waals surface area contributed by atoms with Gasteiger partial charge in [0.05, 0.1) is 0 Å². The third kappa shape index (κ3) is 15.7. The van der Waals surface area contributed by atoms with Crippen LogP contribution < -0.4 is 16.0 Å². The van der Waals surface area contributed by atoms with Gasteiger partial charge in [-0.05, 0) is 59.3 Å². The Labute approximate surface area is 212 Å². The molecular formula is C24H42N6O6. The van der Waals surface area contributed by atoms with E-state index in [1.807, 2.05) is 20.8 Å². The topological polar surface area (TPSA) is 187 Å². The van der Waals surface area contributed by atoms with Gasteiger partial charge < -0.3 is 31.3 Å². The van der Waals surface area contributed by atoms with Crippen molar-refractivity contribution < 1.29 is 29.7 Å². The van der Waals surface area contributed by atoms with Crippen molar-refractivity contribution in [2.75, 3.05) is 16.0 Å². The van der Waals surface area contributed by atoms with Crippen LogP contribution in [-0.4, -0.2) is 66.3 Å². The number of hydrogen-bond acceptors (Lipinski definition) is 9. The first-order valence-electron chi connectivity index (χ1n) is 12.8. The molecular weight excluding hydrogens is 468 g/mol. The number of carboxylic acids is 3. The summed E-state index contributed by atoms with van der Waals surface area (Å²) in [5.74, 6) is -1.19. The van der Waals surface area contributed by atoms with Crippen LogP contribution in [0.15, 0.2) is 0 Å². The number of aliphatic carboxylic acids is 3. The van der Waals surface area contributed by atoms with Gasteiger partial charge in [-0.3, -0.25) is 14.4 Å². The highest BCUT2D eigenvalue weighted by Crippen LogP contribution is 2.16. The average molecular weight is 511 g/mol. The van der Waals surface area contributed by atoms with Crippen molar-refractivity contribution in [2.24, 2.45) is 0 Å². The van der Waals surface area contributed by atoms with Crippen LogP contribution in [0.2, 0.25) is 0 Å². The van der Waals surface area contributed by atoms with Crippen molar-refractivity contribution in [1.29, 1.82) is 0 Å². The Kier molecular flexibility index (Phi) is 14.8. The van der Waals surface area contributed by atoms with E-state index < -0.39 is 17.9 Å². The summed E-state index contributed by atoms with van der Waals surface area (Å²) in [7, 11) is 0. The highest BCUT2D eigenvalue weighted by Gasteiger charge is 2.14. The molecule has 0 amide bonds. The van der Waals surface area contributed by atoms with Crippen LogP contribution in [0.25, 0.3) is 0 Å². The third-order valence-electron chi connectivity index (χ3n) is 5.60. The van der Waals surface area contributed by atoms with E-state index in [4.69, 9.17) is 15.3 Å². The zero-order chi connectivity index (χ0) is 26.9. The second-order valence-electron chi connectivity index (χ2n) is 9.36. The molecule has 0 saturated heterocycles. The van der Waals surface area contributed by atoms with Gasteiger partial charge in [-0.15, -0.1) is 0 Å². The highest BCUT2D eigenvalue weighted by molar-refractivity contribution is 5.67. The Hall–Kier alpha value is -3.18. The average Bonchev–Trinajstić information content (AvgIpc) is 2.76. The minimum Gasteiger partial charge on any atom is -0.481 e. The summed E-state index contributed by atoms with van der Waals surface area (Å²) < 4.78 is 0. The fourth-order valence-electron chi connectivity index (χ4n) is 3.63. The summed E-state index contributed by atoms with van der Waals surface area (Å²) >= 11 is 0. The van der Waals surface area contributed by atoms with Crippen molar-refractivity contribution >= 4 is 35.8 Å². The van der Waals surface area contributed by atoms with Gasteiger partial charge in [0.1, 0.15) is 0 Å². The maximum atomic E-state index is 10.7. The largest absolute Gasteiger partial charge is 0.481 e. The summed E-state index contributed by atoms with van der Waals surface area (Å²) in [4.78, 5) is 45.6. The number of carbonyl (C=O) groups is 3. The molecule has 6 N–H and O–H groups in total. The lowest BCUT2D eigenvalue weighted by Gasteiger charge is -2.19. The highest BCUT2D eigenvalue weighted by atomic mass is 16.4.